The largest absolute Gasteiger partial charge is 0.480 e. The SMILES string of the molecule is Cn1ccnc1CNC(=O)N1CCCC(C)(C)C1C(=O)O. The van der Waals surface area contributed by atoms with Crippen LogP contribution in [0, 0.1) is 5.41 Å². The van der Waals surface area contributed by atoms with Gasteiger partial charge >= 0.3 is 12.0 Å². The number of hydrogen-bond acceptors (Lipinski definition) is 3. The lowest BCUT2D eigenvalue weighted by Crippen LogP contribution is -2.58. The molecule has 0 spiro atoms. The maximum absolute atomic E-state index is 12.3. The summed E-state index contributed by atoms with van der Waals surface area (Å²) in [6, 6.07) is -1.15. The molecule has 1 atom stereocenters. The van der Waals surface area contributed by atoms with Crippen LogP contribution in [-0.2, 0) is 18.4 Å². The molecule has 1 aliphatic heterocycles. The molecule has 1 aromatic heterocycles. The Morgan fingerprint density at radius 2 is 2.24 bits per heavy atom. The van der Waals surface area contributed by atoms with Crippen molar-refractivity contribution in [1.82, 2.24) is 19.8 Å². The number of carboxylic acids is 1. The van der Waals surface area contributed by atoms with Gasteiger partial charge in [0.25, 0.3) is 0 Å². The Balaban J connectivity index is 2.06. The highest BCUT2D eigenvalue weighted by Crippen LogP contribution is 2.35. The van der Waals surface area contributed by atoms with Gasteiger partial charge in [-0.05, 0) is 18.3 Å². The second kappa shape index (κ2) is 5.75. The summed E-state index contributed by atoms with van der Waals surface area (Å²) in [5, 5.41) is 12.2. The topological polar surface area (TPSA) is 87.5 Å². The van der Waals surface area contributed by atoms with Gasteiger partial charge in [0.05, 0.1) is 6.54 Å². The van der Waals surface area contributed by atoms with Gasteiger partial charge in [0.15, 0.2) is 0 Å². The van der Waals surface area contributed by atoms with Crippen LogP contribution < -0.4 is 5.32 Å². The predicted molar refractivity (Wildman–Crippen MR) is 76.6 cm³/mol. The van der Waals surface area contributed by atoms with E-state index in [-0.39, 0.29) is 12.6 Å². The number of imidazole rings is 1. The van der Waals surface area contributed by atoms with E-state index < -0.39 is 17.4 Å². The first kappa shape index (κ1) is 15.3. The first-order valence-corrected chi connectivity index (χ1v) is 7.06. The summed E-state index contributed by atoms with van der Waals surface area (Å²) in [6.07, 6.45) is 5.07. The van der Waals surface area contributed by atoms with Crippen LogP contribution in [0.25, 0.3) is 0 Å². The summed E-state index contributed by atoms with van der Waals surface area (Å²) in [4.78, 5) is 29.4. The highest BCUT2D eigenvalue weighted by molar-refractivity contribution is 5.83. The molecule has 0 bridgehead atoms. The van der Waals surface area contributed by atoms with E-state index in [4.69, 9.17) is 0 Å². The van der Waals surface area contributed by atoms with Crippen LogP contribution in [-0.4, -0.2) is 44.1 Å². The first-order chi connectivity index (χ1) is 9.83. The van der Waals surface area contributed by atoms with Crippen LogP contribution in [0.15, 0.2) is 12.4 Å². The molecule has 0 saturated carbocycles. The van der Waals surface area contributed by atoms with Crippen molar-refractivity contribution in [3.63, 3.8) is 0 Å². The second-order valence-electron chi connectivity index (χ2n) is 6.14. The van der Waals surface area contributed by atoms with Crippen LogP contribution in [0.5, 0.6) is 0 Å². The number of aryl methyl sites for hydroxylation is 1. The lowest BCUT2D eigenvalue weighted by molar-refractivity contribution is -0.148. The zero-order chi connectivity index (χ0) is 15.6. The molecule has 1 saturated heterocycles. The number of carbonyl (C=O) groups excluding carboxylic acids is 1. The standard InChI is InChI=1S/C14H22N4O3/c1-14(2)5-4-7-18(11(14)12(19)20)13(21)16-9-10-15-6-8-17(10)3/h6,8,11H,4-5,7,9H2,1-3H3,(H,16,21)(H,19,20). The van der Waals surface area contributed by atoms with Crippen LogP contribution in [0.4, 0.5) is 4.79 Å². The third-order valence-electron chi connectivity index (χ3n) is 4.09. The van der Waals surface area contributed by atoms with Crippen molar-refractivity contribution in [3.8, 4) is 0 Å². The fourth-order valence-corrected chi connectivity index (χ4v) is 2.90. The van der Waals surface area contributed by atoms with Crippen LogP contribution in [0.1, 0.15) is 32.5 Å². The third-order valence-corrected chi connectivity index (χ3v) is 4.09. The van der Waals surface area contributed by atoms with Crippen molar-refractivity contribution in [2.75, 3.05) is 6.54 Å². The van der Waals surface area contributed by atoms with Gasteiger partial charge in [-0.15, -0.1) is 0 Å². The van der Waals surface area contributed by atoms with Crippen molar-refractivity contribution in [2.45, 2.75) is 39.3 Å². The van der Waals surface area contributed by atoms with Crippen LogP contribution in [0.3, 0.4) is 0 Å². The number of nitrogens with one attached hydrogen (secondary N) is 1. The van der Waals surface area contributed by atoms with Gasteiger partial charge in [0.1, 0.15) is 11.9 Å². The van der Waals surface area contributed by atoms with Crippen molar-refractivity contribution in [2.24, 2.45) is 12.5 Å². The third kappa shape index (κ3) is 3.17. The predicted octanol–water partition coefficient (Wildman–Crippen LogP) is 1.20. The summed E-state index contributed by atoms with van der Waals surface area (Å²) < 4.78 is 1.81. The number of amides is 2. The lowest BCUT2D eigenvalue weighted by Gasteiger charge is -2.43. The van der Waals surface area contributed by atoms with Gasteiger partial charge in [-0.1, -0.05) is 13.8 Å². The van der Waals surface area contributed by atoms with Gasteiger partial charge in [-0.3, -0.25) is 0 Å². The molecule has 0 aromatic carbocycles. The van der Waals surface area contributed by atoms with Crippen molar-refractivity contribution < 1.29 is 14.7 Å². The summed E-state index contributed by atoms with van der Waals surface area (Å²) in [5.74, 6) is -0.224. The molecule has 1 fully saturated rings. The molecule has 21 heavy (non-hydrogen) atoms. The maximum atomic E-state index is 12.3. The zero-order valence-electron chi connectivity index (χ0n) is 12.7. The summed E-state index contributed by atoms with van der Waals surface area (Å²) >= 11 is 0. The van der Waals surface area contributed by atoms with Gasteiger partial charge in [-0.2, -0.15) is 0 Å². The highest BCUT2D eigenvalue weighted by atomic mass is 16.4. The van der Waals surface area contributed by atoms with Gasteiger partial charge in [0, 0.05) is 26.0 Å². The van der Waals surface area contributed by atoms with Crippen molar-refractivity contribution in [3.05, 3.63) is 18.2 Å². The van der Waals surface area contributed by atoms with Crippen LogP contribution in [0.2, 0.25) is 0 Å². The number of carbonyl (C=O) groups is 2. The summed E-state index contributed by atoms with van der Waals surface area (Å²) in [6.45, 7) is 4.53. The van der Waals surface area contributed by atoms with Gasteiger partial charge in [-0.25, -0.2) is 14.6 Å². The normalized spacial score (nSPS) is 21.1. The van der Waals surface area contributed by atoms with Gasteiger partial charge in [0.2, 0.25) is 0 Å². The molecule has 0 aliphatic carbocycles. The molecule has 1 aliphatic rings. The Hall–Kier alpha value is -2.05. The van der Waals surface area contributed by atoms with E-state index in [1.165, 1.54) is 4.90 Å². The minimum absolute atomic E-state index is 0.283. The number of piperidine rings is 1. The molecule has 0 radical (unpaired) electrons. The Bertz CT molecular complexity index is 538. The molecule has 1 unspecified atom stereocenters. The van der Waals surface area contributed by atoms with E-state index in [0.717, 1.165) is 18.7 Å². The van der Waals surface area contributed by atoms with Crippen LogP contribution >= 0.6 is 0 Å². The number of urea groups is 1. The van der Waals surface area contributed by atoms with Crippen molar-refractivity contribution in [1.29, 1.82) is 0 Å². The Kier molecular flexibility index (Phi) is 4.20. The quantitative estimate of drug-likeness (QED) is 0.877. The minimum atomic E-state index is -0.952. The number of rotatable bonds is 3. The summed E-state index contributed by atoms with van der Waals surface area (Å²) in [5.41, 5.74) is -0.426. The number of hydrogen-bond donors (Lipinski definition) is 2. The van der Waals surface area contributed by atoms with E-state index in [1.807, 2.05) is 25.5 Å². The molecule has 2 amide bonds. The molecular formula is C14H22N4O3. The number of aliphatic carboxylic acids is 1. The molecule has 1 aromatic rings. The fraction of sp³-hybridized carbons (Fsp3) is 0.643. The molecule has 2 N–H and O–H groups in total. The minimum Gasteiger partial charge on any atom is -0.480 e. The first-order valence-electron chi connectivity index (χ1n) is 7.06. The smallest absolute Gasteiger partial charge is 0.327 e. The molecule has 7 heteroatoms. The van der Waals surface area contributed by atoms with Crippen molar-refractivity contribution >= 4 is 12.0 Å². The number of carboxylic acid groups (broad SMARTS) is 1. The Morgan fingerprint density at radius 1 is 1.52 bits per heavy atom. The molecular weight excluding hydrogens is 272 g/mol. The fourth-order valence-electron chi connectivity index (χ4n) is 2.90. The molecule has 2 rings (SSSR count). The molecule has 116 valence electrons. The average molecular weight is 294 g/mol. The molecule has 2 heterocycles. The Labute approximate surface area is 124 Å². The molecule has 7 nitrogen and oxygen atoms in total. The maximum Gasteiger partial charge on any atom is 0.327 e. The Morgan fingerprint density at radius 3 is 2.81 bits per heavy atom. The number of likely N-dealkylation sites (tertiary alicyclic amines) is 1. The number of aromatic nitrogens is 2. The summed E-state index contributed by atoms with van der Waals surface area (Å²) in [7, 11) is 1.85. The van der Waals surface area contributed by atoms with E-state index >= 15 is 0 Å². The number of nitrogens with zero attached hydrogens (tertiary/aromatic N) is 3. The van der Waals surface area contributed by atoms with E-state index in [9.17, 15) is 14.7 Å². The van der Waals surface area contributed by atoms with E-state index in [2.05, 4.69) is 10.3 Å². The van der Waals surface area contributed by atoms with Gasteiger partial charge < -0.3 is 19.9 Å². The van der Waals surface area contributed by atoms with E-state index in [1.54, 1.807) is 12.4 Å². The lowest BCUT2D eigenvalue weighted by atomic mass is 9.76. The average Bonchev–Trinajstić information content (AvgIpc) is 2.79. The highest BCUT2D eigenvalue weighted by Gasteiger charge is 2.44. The monoisotopic (exact) mass is 294 g/mol. The zero-order valence-corrected chi connectivity index (χ0v) is 12.7. The van der Waals surface area contributed by atoms with E-state index in [0.29, 0.717) is 6.54 Å². The second-order valence-corrected chi connectivity index (χ2v) is 6.14.